The SMILES string of the molecule is CCN(C(=O)COC(=O)CNC(=O)c1sc2ccccc2c1Cl)c1c(N)n(Cc2ccccc2)c(=O)[nH]c1=O. The Hall–Kier alpha value is -4.42. The number of fused-ring (bicyclic) bond motifs is 1. The highest BCUT2D eigenvalue weighted by molar-refractivity contribution is 7.21. The van der Waals surface area contributed by atoms with Crippen LogP contribution in [-0.2, 0) is 20.9 Å². The van der Waals surface area contributed by atoms with Crippen LogP contribution in [0.2, 0.25) is 5.02 Å². The van der Waals surface area contributed by atoms with Crippen LogP contribution >= 0.6 is 22.9 Å². The van der Waals surface area contributed by atoms with Crippen molar-refractivity contribution in [3.63, 3.8) is 0 Å². The van der Waals surface area contributed by atoms with Gasteiger partial charge in [0.05, 0.1) is 11.6 Å². The van der Waals surface area contributed by atoms with Gasteiger partial charge >= 0.3 is 11.7 Å². The van der Waals surface area contributed by atoms with E-state index >= 15 is 0 Å². The predicted molar refractivity (Wildman–Crippen MR) is 149 cm³/mol. The Kier molecular flexibility index (Phi) is 8.47. The van der Waals surface area contributed by atoms with Crippen molar-refractivity contribution in [2.75, 3.05) is 30.3 Å². The molecule has 11 nitrogen and oxygen atoms in total. The molecule has 0 bridgehead atoms. The summed E-state index contributed by atoms with van der Waals surface area (Å²) in [4.78, 5) is 66.2. The van der Waals surface area contributed by atoms with E-state index in [-0.39, 0.29) is 34.5 Å². The van der Waals surface area contributed by atoms with Gasteiger partial charge in [-0.1, -0.05) is 60.1 Å². The number of hydrogen-bond acceptors (Lipinski definition) is 8. The van der Waals surface area contributed by atoms with Crippen LogP contribution < -0.4 is 27.2 Å². The van der Waals surface area contributed by atoms with E-state index in [0.29, 0.717) is 0 Å². The number of anilines is 2. The molecule has 4 rings (SSSR count). The quantitative estimate of drug-likeness (QED) is 0.261. The Morgan fingerprint density at radius 1 is 1.10 bits per heavy atom. The van der Waals surface area contributed by atoms with Crippen molar-refractivity contribution < 1.29 is 19.1 Å². The highest BCUT2D eigenvalue weighted by Crippen LogP contribution is 2.34. The molecular formula is C26H24ClN5O6S. The Bertz CT molecular complexity index is 1660. The number of nitrogens with zero attached hydrogens (tertiary/aromatic N) is 2. The Morgan fingerprint density at radius 2 is 1.79 bits per heavy atom. The van der Waals surface area contributed by atoms with Crippen molar-refractivity contribution in [1.29, 1.82) is 0 Å². The highest BCUT2D eigenvalue weighted by atomic mass is 35.5. The third-order valence-electron chi connectivity index (χ3n) is 5.78. The molecule has 0 spiro atoms. The van der Waals surface area contributed by atoms with Gasteiger partial charge in [-0.3, -0.25) is 28.7 Å². The van der Waals surface area contributed by atoms with E-state index in [4.69, 9.17) is 22.1 Å². The molecule has 0 fully saturated rings. The van der Waals surface area contributed by atoms with Crippen LogP contribution in [0.4, 0.5) is 11.5 Å². The fourth-order valence-corrected chi connectivity index (χ4v) is 5.32. The van der Waals surface area contributed by atoms with E-state index in [1.54, 1.807) is 43.3 Å². The molecule has 4 N–H and O–H groups in total. The second-order valence-electron chi connectivity index (χ2n) is 8.29. The summed E-state index contributed by atoms with van der Waals surface area (Å²) in [6.45, 7) is 0.449. The molecule has 0 radical (unpaired) electrons. The van der Waals surface area contributed by atoms with Gasteiger partial charge in [-0.2, -0.15) is 0 Å². The van der Waals surface area contributed by atoms with Gasteiger partial charge in [0.2, 0.25) is 0 Å². The van der Waals surface area contributed by atoms with Crippen molar-refractivity contribution in [3.8, 4) is 0 Å². The highest BCUT2D eigenvalue weighted by Gasteiger charge is 2.24. The molecule has 0 unspecified atom stereocenters. The number of carbonyl (C=O) groups is 3. The van der Waals surface area contributed by atoms with Gasteiger partial charge in [0.15, 0.2) is 12.3 Å². The zero-order valence-electron chi connectivity index (χ0n) is 20.7. The Labute approximate surface area is 230 Å². The fraction of sp³-hybridized carbons (Fsp3) is 0.192. The first kappa shape index (κ1) is 27.6. The summed E-state index contributed by atoms with van der Waals surface area (Å²) in [5.41, 5.74) is 5.11. The first-order valence-corrected chi connectivity index (χ1v) is 13.0. The summed E-state index contributed by atoms with van der Waals surface area (Å²) in [5, 5.41) is 3.44. The molecule has 0 saturated carbocycles. The van der Waals surface area contributed by atoms with Crippen LogP contribution in [0.1, 0.15) is 22.2 Å². The van der Waals surface area contributed by atoms with Crippen molar-refractivity contribution in [2.45, 2.75) is 13.5 Å². The number of rotatable bonds is 9. The number of benzene rings is 2. The van der Waals surface area contributed by atoms with Crippen molar-refractivity contribution >= 4 is 62.3 Å². The average Bonchev–Trinajstić information content (AvgIpc) is 3.27. The molecule has 2 aromatic carbocycles. The molecular weight excluding hydrogens is 546 g/mol. The molecule has 202 valence electrons. The first-order valence-electron chi connectivity index (χ1n) is 11.8. The number of amides is 2. The molecule has 0 saturated heterocycles. The third-order valence-corrected chi connectivity index (χ3v) is 7.45. The molecule has 13 heteroatoms. The fourth-order valence-electron chi connectivity index (χ4n) is 3.88. The summed E-state index contributed by atoms with van der Waals surface area (Å²) in [6.07, 6.45) is 0. The number of H-pyrrole nitrogens is 1. The second kappa shape index (κ2) is 12.0. The Morgan fingerprint density at radius 3 is 2.49 bits per heavy atom. The number of ether oxygens (including phenoxy) is 1. The maximum absolute atomic E-state index is 12.9. The van der Waals surface area contributed by atoms with E-state index in [1.165, 1.54) is 11.3 Å². The topological polar surface area (TPSA) is 157 Å². The molecule has 2 aromatic heterocycles. The molecule has 0 aliphatic carbocycles. The number of carbonyl (C=O) groups excluding carboxylic acids is 3. The van der Waals surface area contributed by atoms with Crippen LogP contribution in [0, 0.1) is 0 Å². The minimum atomic E-state index is -0.874. The molecule has 2 amide bonds. The number of nitrogens with one attached hydrogen (secondary N) is 2. The van der Waals surface area contributed by atoms with Crippen LogP contribution in [0.25, 0.3) is 10.1 Å². The second-order valence-corrected chi connectivity index (χ2v) is 9.72. The van der Waals surface area contributed by atoms with Crippen LogP contribution in [0.3, 0.4) is 0 Å². The van der Waals surface area contributed by atoms with E-state index in [1.807, 2.05) is 18.2 Å². The van der Waals surface area contributed by atoms with Crippen LogP contribution in [0.5, 0.6) is 0 Å². The van der Waals surface area contributed by atoms with Gasteiger partial charge in [-0.25, -0.2) is 4.79 Å². The summed E-state index contributed by atoms with van der Waals surface area (Å²) < 4.78 is 6.98. The number of likely N-dealkylation sites (N-methyl/N-ethyl adjacent to an activating group) is 1. The van der Waals surface area contributed by atoms with Crippen LogP contribution in [0.15, 0.2) is 64.2 Å². The normalized spacial score (nSPS) is 10.8. The van der Waals surface area contributed by atoms with Gasteiger partial charge in [0.1, 0.15) is 17.2 Å². The third kappa shape index (κ3) is 6.02. The summed E-state index contributed by atoms with van der Waals surface area (Å²) in [5.74, 6) is -2.38. The minimum absolute atomic E-state index is 0.00831. The summed E-state index contributed by atoms with van der Waals surface area (Å²) in [6, 6.07) is 16.2. The van der Waals surface area contributed by atoms with Gasteiger partial charge in [0.25, 0.3) is 17.4 Å². The van der Waals surface area contributed by atoms with E-state index < -0.39 is 42.2 Å². The van der Waals surface area contributed by atoms with Gasteiger partial charge in [0, 0.05) is 16.6 Å². The van der Waals surface area contributed by atoms with Crippen molar-refractivity contribution in [3.05, 3.63) is 90.9 Å². The number of aromatic nitrogens is 2. The molecule has 4 aromatic rings. The largest absolute Gasteiger partial charge is 0.454 e. The zero-order chi connectivity index (χ0) is 28.1. The van der Waals surface area contributed by atoms with Crippen LogP contribution in [-0.4, -0.2) is 47.0 Å². The van der Waals surface area contributed by atoms with Crippen molar-refractivity contribution in [1.82, 2.24) is 14.9 Å². The summed E-state index contributed by atoms with van der Waals surface area (Å²) in [7, 11) is 0. The van der Waals surface area contributed by atoms with Gasteiger partial charge in [-0.05, 0) is 18.6 Å². The average molecular weight is 570 g/mol. The summed E-state index contributed by atoms with van der Waals surface area (Å²) >= 11 is 7.48. The van der Waals surface area contributed by atoms with Crippen molar-refractivity contribution in [2.24, 2.45) is 0 Å². The lowest BCUT2D eigenvalue weighted by molar-refractivity contribution is -0.146. The van der Waals surface area contributed by atoms with Gasteiger partial charge in [-0.15, -0.1) is 11.3 Å². The van der Waals surface area contributed by atoms with E-state index in [0.717, 1.165) is 25.1 Å². The standard InChI is InChI=1S/C26H24ClN5O6S/c1-2-31(21-23(28)32(26(37)30-24(21)35)13-15-8-4-3-5-9-15)18(33)14-38-19(34)12-29-25(36)22-20(27)16-10-6-7-11-17(16)39-22/h3-11H,2,12-14,28H2,1H3,(H,29,36)(H,30,35,37). The molecule has 2 heterocycles. The van der Waals surface area contributed by atoms with E-state index in [2.05, 4.69) is 10.3 Å². The zero-order valence-corrected chi connectivity index (χ0v) is 22.3. The number of hydrogen-bond donors (Lipinski definition) is 3. The molecule has 0 atom stereocenters. The lowest BCUT2D eigenvalue weighted by atomic mass is 10.2. The first-order chi connectivity index (χ1) is 18.7. The molecule has 0 aliphatic heterocycles. The smallest absolute Gasteiger partial charge is 0.330 e. The number of nitrogen functional groups attached to an aromatic ring is 1. The maximum Gasteiger partial charge on any atom is 0.330 e. The lowest BCUT2D eigenvalue weighted by Crippen LogP contribution is -2.43. The number of esters is 1. The van der Waals surface area contributed by atoms with Gasteiger partial charge < -0.3 is 20.7 Å². The van der Waals surface area contributed by atoms with E-state index in [9.17, 15) is 24.0 Å². The monoisotopic (exact) mass is 569 g/mol. The maximum atomic E-state index is 12.9. The number of thiophene rings is 1. The Balaban J connectivity index is 1.41. The number of halogens is 1. The molecule has 39 heavy (non-hydrogen) atoms. The number of nitrogens with two attached hydrogens (primary N) is 1. The predicted octanol–water partition coefficient (Wildman–Crippen LogP) is 2.36. The molecule has 0 aliphatic rings. The minimum Gasteiger partial charge on any atom is -0.454 e. The lowest BCUT2D eigenvalue weighted by Gasteiger charge is -2.23. The number of aromatic amines is 1.